The van der Waals surface area contributed by atoms with Crippen molar-refractivity contribution in [2.24, 2.45) is 0 Å². The molecule has 9 heteroatoms. The number of hydrogen-bond donors (Lipinski definition) is 0. The number of nitrogens with zero attached hydrogens (tertiary/aromatic N) is 6. The first-order valence-corrected chi connectivity index (χ1v) is 11.3. The lowest BCUT2D eigenvalue weighted by atomic mass is 10.2. The third-order valence-electron chi connectivity index (χ3n) is 5.00. The predicted molar refractivity (Wildman–Crippen MR) is 124 cm³/mol. The van der Waals surface area contributed by atoms with E-state index in [0.29, 0.717) is 38.8 Å². The Balaban J connectivity index is 1.55. The molecule has 0 aliphatic rings. The minimum atomic E-state index is -0.370. The van der Waals surface area contributed by atoms with Crippen LogP contribution in [0, 0.1) is 19.7 Å². The zero-order chi connectivity index (χ0) is 22.2. The second-order valence-electron chi connectivity index (χ2n) is 7.30. The van der Waals surface area contributed by atoms with Crippen molar-refractivity contribution in [2.45, 2.75) is 24.8 Å². The van der Waals surface area contributed by atoms with Gasteiger partial charge in [-0.2, -0.15) is 0 Å². The number of para-hydroxylation sites is 1. The summed E-state index contributed by atoms with van der Waals surface area (Å²) in [7, 11) is 0. The number of benzene rings is 2. The number of imidazole rings is 1. The Bertz CT molecular complexity index is 1440. The Morgan fingerprint density at radius 2 is 1.78 bits per heavy atom. The highest BCUT2D eigenvalue weighted by Crippen LogP contribution is 2.33. The molecule has 0 saturated carbocycles. The van der Waals surface area contributed by atoms with Crippen LogP contribution in [0.2, 0.25) is 5.02 Å². The maximum Gasteiger partial charge on any atom is 0.234 e. The molecule has 5 rings (SSSR count). The smallest absolute Gasteiger partial charge is 0.234 e. The van der Waals surface area contributed by atoms with Crippen LogP contribution in [-0.2, 0) is 5.75 Å². The van der Waals surface area contributed by atoms with Crippen molar-refractivity contribution >= 4 is 29.1 Å². The number of hydrogen-bond acceptors (Lipinski definition) is 5. The van der Waals surface area contributed by atoms with Gasteiger partial charge in [0.25, 0.3) is 0 Å². The molecule has 0 aliphatic carbocycles. The molecule has 0 unspecified atom stereocenters. The summed E-state index contributed by atoms with van der Waals surface area (Å²) in [4.78, 5) is 9.11. The van der Waals surface area contributed by atoms with Gasteiger partial charge in [0.05, 0.1) is 16.4 Å². The van der Waals surface area contributed by atoms with Crippen molar-refractivity contribution in [1.29, 1.82) is 0 Å². The summed E-state index contributed by atoms with van der Waals surface area (Å²) < 4.78 is 18.4. The Hall–Kier alpha value is -3.23. The van der Waals surface area contributed by atoms with E-state index in [4.69, 9.17) is 11.6 Å². The molecule has 0 saturated heterocycles. The first-order valence-electron chi connectivity index (χ1n) is 9.91. The fourth-order valence-electron chi connectivity index (χ4n) is 3.56. The first-order chi connectivity index (χ1) is 15.5. The first kappa shape index (κ1) is 20.7. The highest BCUT2D eigenvalue weighted by Gasteiger charge is 2.20. The van der Waals surface area contributed by atoms with Crippen LogP contribution in [0.3, 0.4) is 0 Å². The Kier molecular flexibility index (Phi) is 5.40. The van der Waals surface area contributed by atoms with Gasteiger partial charge in [0.1, 0.15) is 5.82 Å². The molecule has 2 aromatic carbocycles. The molecule has 0 radical (unpaired) electrons. The third kappa shape index (κ3) is 3.76. The van der Waals surface area contributed by atoms with Crippen LogP contribution in [0.4, 0.5) is 4.39 Å². The van der Waals surface area contributed by atoms with Crippen molar-refractivity contribution in [3.63, 3.8) is 0 Å². The molecule has 0 bridgehead atoms. The lowest BCUT2D eigenvalue weighted by molar-refractivity contribution is 0.613. The molecule has 3 heterocycles. The van der Waals surface area contributed by atoms with Gasteiger partial charge in [0, 0.05) is 28.9 Å². The summed E-state index contributed by atoms with van der Waals surface area (Å²) in [5.74, 6) is 1.29. The van der Waals surface area contributed by atoms with Crippen LogP contribution in [0.5, 0.6) is 0 Å². The third-order valence-corrected chi connectivity index (χ3v) is 6.29. The number of aryl methyl sites for hydroxylation is 2. The summed E-state index contributed by atoms with van der Waals surface area (Å²) in [6.07, 6.45) is 1.96. The summed E-state index contributed by atoms with van der Waals surface area (Å²) in [5.41, 5.74) is 3.87. The van der Waals surface area contributed by atoms with Crippen molar-refractivity contribution in [3.05, 3.63) is 88.7 Å². The van der Waals surface area contributed by atoms with Crippen LogP contribution in [0.25, 0.3) is 22.9 Å². The molecule has 3 aromatic heterocycles. The Morgan fingerprint density at radius 1 is 1.00 bits per heavy atom. The van der Waals surface area contributed by atoms with Crippen LogP contribution >= 0.6 is 23.4 Å². The zero-order valence-corrected chi connectivity index (χ0v) is 18.9. The van der Waals surface area contributed by atoms with Crippen molar-refractivity contribution in [3.8, 4) is 17.1 Å². The van der Waals surface area contributed by atoms with E-state index in [9.17, 15) is 4.39 Å². The standard InChI is InChI=1S/C23H18ClFN6S/c1-14-11-15(2)30-12-16(27-22(30)26-14)13-32-23-29-28-21(17-7-3-4-8-18(17)24)31(23)20-10-6-5-9-19(20)25/h3-12H,13H2,1-2H3. The van der Waals surface area contributed by atoms with Gasteiger partial charge < -0.3 is 0 Å². The van der Waals surface area contributed by atoms with E-state index >= 15 is 0 Å². The molecule has 0 N–H and O–H groups in total. The van der Waals surface area contributed by atoms with Crippen LogP contribution < -0.4 is 0 Å². The molecule has 0 fully saturated rings. The fourth-order valence-corrected chi connectivity index (χ4v) is 4.61. The van der Waals surface area contributed by atoms with E-state index < -0.39 is 0 Å². The quantitative estimate of drug-likeness (QED) is 0.313. The van der Waals surface area contributed by atoms with Crippen molar-refractivity contribution in [2.75, 3.05) is 0 Å². The van der Waals surface area contributed by atoms with E-state index in [1.54, 1.807) is 28.8 Å². The maximum absolute atomic E-state index is 14.8. The molecule has 160 valence electrons. The molecule has 32 heavy (non-hydrogen) atoms. The lowest BCUT2D eigenvalue weighted by Crippen LogP contribution is -2.02. The van der Waals surface area contributed by atoms with Crippen LogP contribution in [-0.4, -0.2) is 29.1 Å². The predicted octanol–water partition coefficient (Wildman–Crippen LogP) is 5.68. The van der Waals surface area contributed by atoms with E-state index in [2.05, 4.69) is 20.2 Å². The number of aromatic nitrogens is 6. The summed E-state index contributed by atoms with van der Waals surface area (Å²) in [5, 5.41) is 9.76. The minimum Gasteiger partial charge on any atom is -0.288 e. The molecule has 0 aliphatic heterocycles. The van der Waals surface area contributed by atoms with Gasteiger partial charge in [-0.15, -0.1) is 10.2 Å². The fraction of sp³-hybridized carbons (Fsp3) is 0.130. The summed E-state index contributed by atoms with van der Waals surface area (Å²) in [6, 6.07) is 15.9. The molecule has 0 atom stereocenters. The second-order valence-corrected chi connectivity index (χ2v) is 8.65. The van der Waals surface area contributed by atoms with Gasteiger partial charge in [-0.25, -0.2) is 14.4 Å². The van der Waals surface area contributed by atoms with Gasteiger partial charge in [-0.3, -0.25) is 8.97 Å². The monoisotopic (exact) mass is 464 g/mol. The van der Waals surface area contributed by atoms with Gasteiger partial charge >= 0.3 is 0 Å². The van der Waals surface area contributed by atoms with E-state index in [1.165, 1.54) is 17.8 Å². The topological polar surface area (TPSA) is 60.9 Å². The van der Waals surface area contributed by atoms with E-state index in [1.807, 2.05) is 48.7 Å². The second kappa shape index (κ2) is 8.37. The molecule has 0 spiro atoms. The van der Waals surface area contributed by atoms with Crippen LogP contribution in [0.15, 0.2) is 66.0 Å². The van der Waals surface area contributed by atoms with Gasteiger partial charge in [0.2, 0.25) is 5.78 Å². The molecule has 6 nitrogen and oxygen atoms in total. The van der Waals surface area contributed by atoms with Crippen molar-refractivity contribution in [1.82, 2.24) is 29.1 Å². The normalized spacial score (nSPS) is 11.4. The van der Waals surface area contributed by atoms with E-state index in [-0.39, 0.29) is 5.82 Å². The Labute approximate surface area is 193 Å². The van der Waals surface area contributed by atoms with E-state index in [0.717, 1.165) is 17.1 Å². The maximum atomic E-state index is 14.8. The number of fused-ring (bicyclic) bond motifs is 1. The highest BCUT2D eigenvalue weighted by atomic mass is 35.5. The lowest BCUT2D eigenvalue weighted by Gasteiger charge is -2.11. The molecular weight excluding hydrogens is 447 g/mol. The highest BCUT2D eigenvalue weighted by molar-refractivity contribution is 7.98. The summed E-state index contributed by atoms with van der Waals surface area (Å²) >= 11 is 7.84. The minimum absolute atomic E-state index is 0.359. The molecule has 0 amide bonds. The molecule has 5 aromatic rings. The van der Waals surface area contributed by atoms with Gasteiger partial charge in [-0.05, 0) is 44.2 Å². The SMILES string of the molecule is Cc1cc(C)n2cc(CSc3nnc(-c4ccccc4Cl)n3-c3ccccc3F)nc2n1. The van der Waals surface area contributed by atoms with Gasteiger partial charge in [-0.1, -0.05) is 47.6 Å². The average Bonchev–Trinajstić information content (AvgIpc) is 3.37. The van der Waals surface area contributed by atoms with Gasteiger partial charge in [0.15, 0.2) is 11.0 Å². The molecular formula is C23H18ClFN6S. The largest absolute Gasteiger partial charge is 0.288 e. The average molecular weight is 465 g/mol. The number of rotatable bonds is 5. The van der Waals surface area contributed by atoms with Crippen molar-refractivity contribution < 1.29 is 4.39 Å². The zero-order valence-electron chi connectivity index (χ0n) is 17.3. The number of halogens is 2. The van der Waals surface area contributed by atoms with Crippen LogP contribution in [0.1, 0.15) is 17.1 Å². The summed E-state index contributed by atoms with van der Waals surface area (Å²) in [6.45, 7) is 3.97. The Morgan fingerprint density at radius 3 is 2.59 bits per heavy atom. The number of thioether (sulfide) groups is 1.